The first-order valence-corrected chi connectivity index (χ1v) is 9.20. The molecule has 130 valence electrons. The third kappa shape index (κ3) is 4.47. The number of amides is 1. The Bertz CT molecular complexity index is 489. The van der Waals surface area contributed by atoms with Crippen molar-refractivity contribution in [3.8, 4) is 0 Å². The van der Waals surface area contributed by atoms with Crippen LogP contribution < -0.4 is 5.32 Å². The Morgan fingerprint density at radius 1 is 1.48 bits per heavy atom. The number of ether oxygens (including phenoxy) is 1. The predicted molar refractivity (Wildman–Crippen MR) is 96.2 cm³/mol. The molecule has 4 nitrogen and oxygen atoms in total. The van der Waals surface area contributed by atoms with E-state index in [0.29, 0.717) is 30.4 Å². The van der Waals surface area contributed by atoms with Crippen molar-refractivity contribution in [2.24, 2.45) is 5.41 Å². The summed E-state index contributed by atoms with van der Waals surface area (Å²) in [6, 6.07) is 2.59. The fraction of sp³-hybridized carbons (Fsp3) is 0.706. The van der Waals surface area contributed by atoms with Crippen LogP contribution in [0.1, 0.15) is 37.7 Å². The molecule has 1 saturated heterocycles. The Morgan fingerprint density at radius 2 is 2.26 bits per heavy atom. The van der Waals surface area contributed by atoms with Gasteiger partial charge in [0.15, 0.2) is 0 Å². The standard InChI is InChI=1S/C17H26N2O2S.ClH/c1-21-9-2-3-16(20)19(12-14-4-10-22-13-14)15-11-17(15)5-7-18-8-6-17;/h4,10,13,15,18H,2-3,5-9,11-12H2,1H3;1H. The van der Waals surface area contributed by atoms with Crippen molar-refractivity contribution in [2.45, 2.75) is 44.7 Å². The van der Waals surface area contributed by atoms with Gasteiger partial charge < -0.3 is 15.0 Å². The molecule has 1 aliphatic heterocycles. The molecule has 0 bridgehead atoms. The minimum atomic E-state index is 0. The summed E-state index contributed by atoms with van der Waals surface area (Å²) in [5.41, 5.74) is 1.67. The van der Waals surface area contributed by atoms with Gasteiger partial charge in [-0.2, -0.15) is 11.3 Å². The van der Waals surface area contributed by atoms with Gasteiger partial charge in [0.1, 0.15) is 0 Å². The molecule has 1 spiro atoms. The first-order valence-electron chi connectivity index (χ1n) is 8.25. The Balaban J connectivity index is 0.00000192. The van der Waals surface area contributed by atoms with Gasteiger partial charge in [-0.3, -0.25) is 4.79 Å². The highest BCUT2D eigenvalue weighted by molar-refractivity contribution is 7.07. The smallest absolute Gasteiger partial charge is 0.223 e. The van der Waals surface area contributed by atoms with Gasteiger partial charge in [0.2, 0.25) is 5.91 Å². The minimum absolute atomic E-state index is 0. The summed E-state index contributed by atoms with van der Waals surface area (Å²) in [6.45, 7) is 3.63. The van der Waals surface area contributed by atoms with Crippen molar-refractivity contribution in [3.63, 3.8) is 0 Å². The van der Waals surface area contributed by atoms with Gasteiger partial charge >= 0.3 is 0 Å². The molecule has 1 saturated carbocycles. The van der Waals surface area contributed by atoms with Crippen LogP contribution in [0.3, 0.4) is 0 Å². The second-order valence-electron chi connectivity index (χ2n) is 6.58. The predicted octanol–water partition coefficient (Wildman–Crippen LogP) is 3.07. The van der Waals surface area contributed by atoms with Gasteiger partial charge in [-0.05, 0) is 66.6 Å². The lowest BCUT2D eigenvalue weighted by Crippen LogP contribution is -2.39. The van der Waals surface area contributed by atoms with E-state index in [4.69, 9.17) is 4.74 Å². The summed E-state index contributed by atoms with van der Waals surface area (Å²) in [7, 11) is 1.69. The van der Waals surface area contributed by atoms with Crippen LogP contribution in [-0.4, -0.2) is 43.7 Å². The van der Waals surface area contributed by atoms with Crippen molar-refractivity contribution in [1.29, 1.82) is 0 Å². The second-order valence-corrected chi connectivity index (χ2v) is 7.36. The molecule has 2 fully saturated rings. The number of carbonyl (C=O) groups is 1. The molecule has 2 heterocycles. The van der Waals surface area contributed by atoms with E-state index in [9.17, 15) is 4.79 Å². The lowest BCUT2D eigenvalue weighted by molar-refractivity contribution is -0.133. The number of nitrogens with zero attached hydrogens (tertiary/aromatic N) is 1. The quantitative estimate of drug-likeness (QED) is 0.761. The zero-order valence-electron chi connectivity index (χ0n) is 13.8. The molecule has 0 aromatic carbocycles. The van der Waals surface area contributed by atoms with Gasteiger partial charge in [-0.1, -0.05) is 0 Å². The van der Waals surface area contributed by atoms with Crippen molar-refractivity contribution in [2.75, 3.05) is 26.8 Å². The zero-order chi connectivity index (χ0) is 15.4. The van der Waals surface area contributed by atoms with Crippen LogP contribution in [0.5, 0.6) is 0 Å². The summed E-state index contributed by atoms with van der Waals surface area (Å²) < 4.78 is 5.09. The molecular weight excluding hydrogens is 332 g/mol. The highest BCUT2D eigenvalue weighted by Crippen LogP contribution is 2.56. The maximum atomic E-state index is 12.7. The molecule has 6 heteroatoms. The third-order valence-electron chi connectivity index (χ3n) is 5.11. The fourth-order valence-corrected chi connectivity index (χ4v) is 4.35. The van der Waals surface area contributed by atoms with E-state index >= 15 is 0 Å². The number of thiophene rings is 1. The van der Waals surface area contributed by atoms with Crippen LogP contribution in [0.2, 0.25) is 0 Å². The van der Waals surface area contributed by atoms with E-state index in [1.54, 1.807) is 18.4 Å². The number of piperidine rings is 1. The number of halogens is 1. The van der Waals surface area contributed by atoms with Crippen LogP contribution in [0.4, 0.5) is 0 Å². The summed E-state index contributed by atoms with van der Waals surface area (Å²) in [5.74, 6) is 0.295. The van der Waals surface area contributed by atoms with E-state index < -0.39 is 0 Å². The molecule has 23 heavy (non-hydrogen) atoms. The normalized spacial score (nSPS) is 21.7. The van der Waals surface area contributed by atoms with E-state index in [2.05, 4.69) is 27.0 Å². The SMILES string of the molecule is COCCCC(=O)N(Cc1ccsc1)C1CC12CCNCC2.Cl. The zero-order valence-corrected chi connectivity index (χ0v) is 15.4. The highest BCUT2D eigenvalue weighted by Gasteiger charge is 2.57. The third-order valence-corrected chi connectivity index (χ3v) is 5.85. The van der Waals surface area contributed by atoms with E-state index in [1.807, 2.05) is 0 Å². The molecule has 1 atom stereocenters. The number of hydrogen-bond acceptors (Lipinski definition) is 4. The Hall–Kier alpha value is -0.620. The molecular formula is C17H27ClN2O2S. The largest absolute Gasteiger partial charge is 0.385 e. The lowest BCUT2D eigenvalue weighted by Gasteiger charge is -2.29. The van der Waals surface area contributed by atoms with Crippen molar-refractivity contribution in [1.82, 2.24) is 10.2 Å². The van der Waals surface area contributed by atoms with Gasteiger partial charge in [-0.15, -0.1) is 12.4 Å². The van der Waals surface area contributed by atoms with E-state index in [0.717, 1.165) is 26.1 Å². The molecule has 1 amide bonds. The summed E-state index contributed by atoms with van der Waals surface area (Å²) in [6.07, 6.45) is 5.03. The van der Waals surface area contributed by atoms with Crippen LogP contribution in [0.25, 0.3) is 0 Å². The Kier molecular flexibility index (Phi) is 6.89. The molecule has 2 aliphatic rings. The molecule has 1 unspecified atom stereocenters. The van der Waals surface area contributed by atoms with Gasteiger partial charge in [0, 0.05) is 32.7 Å². The summed E-state index contributed by atoms with van der Waals surface area (Å²) >= 11 is 1.71. The van der Waals surface area contributed by atoms with Crippen LogP contribution in [-0.2, 0) is 16.1 Å². The van der Waals surface area contributed by atoms with Crippen LogP contribution >= 0.6 is 23.7 Å². The Morgan fingerprint density at radius 3 is 2.91 bits per heavy atom. The van der Waals surface area contributed by atoms with Gasteiger partial charge in [-0.25, -0.2) is 0 Å². The number of methoxy groups -OCH3 is 1. The molecule has 3 rings (SSSR count). The first kappa shape index (κ1) is 18.7. The highest BCUT2D eigenvalue weighted by atomic mass is 35.5. The average Bonchev–Trinajstić information content (AvgIpc) is 2.98. The number of hydrogen-bond donors (Lipinski definition) is 1. The van der Waals surface area contributed by atoms with E-state index in [-0.39, 0.29) is 12.4 Å². The maximum absolute atomic E-state index is 12.7. The van der Waals surface area contributed by atoms with Crippen molar-refractivity contribution < 1.29 is 9.53 Å². The molecule has 1 aromatic rings. The van der Waals surface area contributed by atoms with Crippen LogP contribution in [0.15, 0.2) is 16.8 Å². The minimum Gasteiger partial charge on any atom is -0.385 e. The second kappa shape index (κ2) is 8.47. The molecule has 1 aliphatic carbocycles. The topological polar surface area (TPSA) is 41.6 Å². The summed E-state index contributed by atoms with van der Waals surface area (Å²) in [4.78, 5) is 14.9. The molecule has 0 radical (unpaired) electrons. The molecule has 1 N–H and O–H groups in total. The monoisotopic (exact) mass is 358 g/mol. The van der Waals surface area contributed by atoms with Crippen LogP contribution in [0, 0.1) is 5.41 Å². The molecule has 1 aromatic heterocycles. The van der Waals surface area contributed by atoms with Gasteiger partial charge in [0.25, 0.3) is 0 Å². The average molecular weight is 359 g/mol. The summed E-state index contributed by atoms with van der Waals surface area (Å²) in [5, 5.41) is 7.69. The van der Waals surface area contributed by atoms with Crippen molar-refractivity contribution in [3.05, 3.63) is 22.4 Å². The van der Waals surface area contributed by atoms with Crippen molar-refractivity contribution >= 4 is 29.7 Å². The van der Waals surface area contributed by atoms with Gasteiger partial charge in [0.05, 0.1) is 0 Å². The fourth-order valence-electron chi connectivity index (χ4n) is 3.69. The number of rotatable bonds is 7. The maximum Gasteiger partial charge on any atom is 0.223 e. The lowest BCUT2D eigenvalue weighted by atomic mass is 9.93. The Labute approximate surface area is 149 Å². The van der Waals surface area contributed by atoms with E-state index in [1.165, 1.54) is 24.8 Å². The first-order chi connectivity index (χ1) is 10.7. The number of carbonyl (C=O) groups excluding carboxylic acids is 1. The number of nitrogens with one attached hydrogen (secondary N) is 1.